The minimum absolute atomic E-state index is 0.0233. The zero-order valence-corrected chi connectivity index (χ0v) is 17.9. The minimum Gasteiger partial charge on any atom is -0.469 e. The first-order valence-electron chi connectivity index (χ1n) is 8.38. The molecule has 0 unspecified atom stereocenters. The van der Waals surface area contributed by atoms with Crippen LogP contribution in [0.5, 0.6) is 0 Å². The summed E-state index contributed by atoms with van der Waals surface area (Å²) < 4.78 is 27.1. The maximum atomic E-state index is 13.0. The van der Waals surface area contributed by atoms with Crippen LogP contribution in [0.3, 0.4) is 0 Å². The molecule has 0 spiro atoms. The third-order valence-electron chi connectivity index (χ3n) is 3.75. The van der Waals surface area contributed by atoms with Gasteiger partial charge in [0.1, 0.15) is 15.7 Å². The van der Waals surface area contributed by atoms with E-state index in [9.17, 15) is 23.6 Å². The van der Waals surface area contributed by atoms with Gasteiger partial charge in [-0.2, -0.15) is 0 Å². The Bertz CT molecular complexity index is 957. The lowest BCUT2D eigenvalue weighted by atomic mass is 10.1. The smallest absolute Gasteiger partial charge is 0.348 e. The molecule has 8 nitrogen and oxygen atoms in total. The lowest BCUT2D eigenvalue weighted by molar-refractivity contribution is -0.139. The van der Waals surface area contributed by atoms with E-state index in [1.165, 1.54) is 31.4 Å². The normalized spacial score (nSPS) is 10.3. The molecular weight excluding hydrogens is 437 g/mol. The molecule has 2 aromatic rings. The van der Waals surface area contributed by atoms with Crippen LogP contribution in [-0.2, 0) is 30.2 Å². The number of hydrogen-bond acceptors (Lipinski definition) is 9. The van der Waals surface area contributed by atoms with Crippen LogP contribution < -0.4 is 5.32 Å². The fraction of sp³-hybridized carbons (Fsp3) is 0.263. The molecular formula is C19H18FNO7S2. The Kier molecular flexibility index (Phi) is 8.36. The van der Waals surface area contributed by atoms with E-state index in [4.69, 9.17) is 9.47 Å². The van der Waals surface area contributed by atoms with Gasteiger partial charge in [0.2, 0.25) is 5.91 Å². The summed E-state index contributed by atoms with van der Waals surface area (Å²) in [7, 11) is 3.45. The summed E-state index contributed by atoms with van der Waals surface area (Å²) in [6, 6.07) is 5.61. The number of nitrogens with one attached hydrogen (secondary N) is 1. The summed E-state index contributed by atoms with van der Waals surface area (Å²) in [5, 5.41) is 2.61. The standard InChI is InChI=1S/C19H18FNO7S2/c1-26-14(23)8-12-15(18(24)27-2)17(30-16(12)19(25)28-3)21-13(22)9-29-11-6-4-10(20)5-7-11/h4-7H,8-9H2,1-3H3,(H,21,22). The third-order valence-corrected chi connectivity index (χ3v) is 5.89. The Morgan fingerprint density at radius 2 is 1.63 bits per heavy atom. The zero-order valence-electron chi connectivity index (χ0n) is 16.3. The second-order valence-electron chi connectivity index (χ2n) is 5.64. The highest BCUT2D eigenvalue weighted by Crippen LogP contribution is 2.35. The maximum absolute atomic E-state index is 13.0. The first kappa shape index (κ1) is 23.4. The number of halogens is 1. The topological polar surface area (TPSA) is 108 Å². The fourth-order valence-corrected chi connectivity index (χ4v) is 4.20. The van der Waals surface area contributed by atoms with Crippen molar-refractivity contribution in [2.75, 3.05) is 32.4 Å². The van der Waals surface area contributed by atoms with Crippen molar-refractivity contribution in [2.45, 2.75) is 11.3 Å². The molecule has 160 valence electrons. The van der Waals surface area contributed by atoms with Crippen LogP contribution >= 0.6 is 23.1 Å². The molecule has 0 aliphatic rings. The van der Waals surface area contributed by atoms with E-state index >= 15 is 0 Å². The first-order chi connectivity index (χ1) is 14.3. The monoisotopic (exact) mass is 455 g/mol. The highest BCUT2D eigenvalue weighted by atomic mass is 32.2. The van der Waals surface area contributed by atoms with E-state index in [2.05, 4.69) is 10.1 Å². The molecule has 30 heavy (non-hydrogen) atoms. The predicted octanol–water partition coefficient (Wildman–Crippen LogP) is 2.91. The number of thiophene rings is 1. The molecule has 1 aromatic heterocycles. The van der Waals surface area contributed by atoms with Gasteiger partial charge in [-0.05, 0) is 24.3 Å². The van der Waals surface area contributed by atoms with Crippen LogP contribution in [0.1, 0.15) is 25.6 Å². The van der Waals surface area contributed by atoms with Gasteiger partial charge in [-0.15, -0.1) is 23.1 Å². The molecule has 0 saturated carbocycles. The van der Waals surface area contributed by atoms with Gasteiger partial charge in [-0.3, -0.25) is 9.59 Å². The lowest BCUT2D eigenvalue weighted by Gasteiger charge is -2.07. The number of ether oxygens (including phenoxy) is 3. The summed E-state index contributed by atoms with van der Waals surface area (Å²) in [5.74, 6) is -3.19. The number of hydrogen-bond donors (Lipinski definition) is 1. The van der Waals surface area contributed by atoms with Crippen molar-refractivity contribution in [3.63, 3.8) is 0 Å². The largest absolute Gasteiger partial charge is 0.469 e. The summed E-state index contributed by atoms with van der Waals surface area (Å²) >= 11 is 1.95. The first-order valence-corrected chi connectivity index (χ1v) is 10.2. The number of rotatable bonds is 8. The van der Waals surface area contributed by atoms with Crippen molar-refractivity contribution in [2.24, 2.45) is 0 Å². The summed E-state index contributed by atoms with van der Waals surface area (Å²) in [6.07, 6.45) is -0.387. The number of benzene rings is 1. The van der Waals surface area contributed by atoms with E-state index < -0.39 is 29.6 Å². The maximum Gasteiger partial charge on any atom is 0.348 e. The number of esters is 3. The van der Waals surface area contributed by atoms with E-state index in [0.29, 0.717) is 4.90 Å². The Balaban J connectivity index is 2.31. The van der Waals surface area contributed by atoms with Crippen LogP contribution in [0, 0.1) is 5.82 Å². The van der Waals surface area contributed by atoms with Crippen LogP contribution in [0.25, 0.3) is 0 Å². The highest BCUT2D eigenvalue weighted by molar-refractivity contribution is 8.00. The number of anilines is 1. The number of thioether (sulfide) groups is 1. The Morgan fingerprint density at radius 1 is 1.00 bits per heavy atom. The fourth-order valence-electron chi connectivity index (χ4n) is 2.36. The second kappa shape index (κ2) is 10.7. The van der Waals surface area contributed by atoms with E-state index in [1.54, 1.807) is 0 Å². The van der Waals surface area contributed by atoms with Crippen LogP contribution in [0.2, 0.25) is 0 Å². The van der Waals surface area contributed by atoms with Gasteiger partial charge in [-0.25, -0.2) is 14.0 Å². The van der Waals surface area contributed by atoms with Crippen molar-refractivity contribution >= 4 is 51.9 Å². The highest BCUT2D eigenvalue weighted by Gasteiger charge is 2.30. The average Bonchev–Trinajstić information content (AvgIpc) is 3.09. The van der Waals surface area contributed by atoms with Crippen molar-refractivity contribution < 1.29 is 37.8 Å². The quantitative estimate of drug-likeness (QED) is 0.368. The summed E-state index contributed by atoms with van der Waals surface area (Å²) in [6.45, 7) is 0. The summed E-state index contributed by atoms with van der Waals surface area (Å²) in [4.78, 5) is 49.3. The van der Waals surface area contributed by atoms with E-state index in [0.717, 1.165) is 37.3 Å². The van der Waals surface area contributed by atoms with E-state index in [1.807, 2.05) is 0 Å². The minimum atomic E-state index is -0.832. The molecule has 0 saturated heterocycles. The molecule has 2 rings (SSSR count). The summed E-state index contributed by atoms with van der Waals surface area (Å²) in [5.41, 5.74) is -0.0690. The predicted molar refractivity (Wildman–Crippen MR) is 108 cm³/mol. The van der Waals surface area contributed by atoms with Crippen molar-refractivity contribution in [1.29, 1.82) is 0 Å². The van der Waals surface area contributed by atoms with Gasteiger partial charge in [0.25, 0.3) is 0 Å². The molecule has 0 aliphatic carbocycles. The number of methoxy groups -OCH3 is 3. The van der Waals surface area contributed by atoms with Crippen LogP contribution in [0.4, 0.5) is 9.39 Å². The van der Waals surface area contributed by atoms with E-state index in [-0.39, 0.29) is 33.2 Å². The SMILES string of the molecule is COC(=O)Cc1c(C(=O)OC)sc(NC(=O)CSc2ccc(F)cc2)c1C(=O)OC. The van der Waals surface area contributed by atoms with Crippen LogP contribution in [-0.4, -0.2) is 50.9 Å². The molecule has 0 aliphatic heterocycles. The molecule has 0 fully saturated rings. The van der Waals surface area contributed by atoms with Crippen molar-refractivity contribution in [1.82, 2.24) is 0 Å². The van der Waals surface area contributed by atoms with Crippen LogP contribution in [0.15, 0.2) is 29.2 Å². The number of amides is 1. The molecule has 1 heterocycles. The molecule has 0 bridgehead atoms. The Labute approximate surface area is 179 Å². The third kappa shape index (κ3) is 5.80. The van der Waals surface area contributed by atoms with Gasteiger partial charge in [0.15, 0.2) is 0 Å². The van der Waals surface area contributed by atoms with Crippen molar-refractivity contribution in [3.8, 4) is 0 Å². The van der Waals surface area contributed by atoms with Gasteiger partial charge in [-0.1, -0.05) is 0 Å². The van der Waals surface area contributed by atoms with Gasteiger partial charge >= 0.3 is 17.9 Å². The molecule has 1 aromatic carbocycles. The molecule has 11 heteroatoms. The van der Waals surface area contributed by atoms with Gasteiger partial charge in [0, 0.05) is 10.5 Å². The Hall–Kier alpha value is -2.92. The number of carbonyl (C=O) groups is 4. The average molecular weight is 455 g/mol. The zero-order chi connectivity index (χ0) is 22.3. The van der Waals surface area contributed by atoms with Gasteiger partial charge in [0.05, 0.1) is 39.1 Å². The number of carbonyl (C=O) groups excluding carboxylic acids is 4. The molecule has 1 N–H and O–H groups in total. The molecule has 1 amide bonds. The van der Waals surface area contributed by atoms with Crippen molar-refractivity contribution in [3.05, 3.63) is 46.1 Å². The lowest BCUT2D eigenvalue weighted by Crippen LogP contribution is -2.17. The molecule has 0 radical (unpaired) electrons. The Morgan fingerprint density at radius 3 is 2.20 bits per heavy atom. The van der Waals surface area contributed by atoms with Gasteiger partial charge < -0.3 is 19.5 Å². The molecule has 0 atom stereocenters. The second-order valence-corrected chi connectivity index (χ2v) is 7.71.